The van der Waals surface area contributed by atoms with Crippen molar-refractivity contribution in [3.05, 3.63) is 58.6 Å². The first-order chi connectivity index (χ1) is 11.0. The second-order valence-electron chi connectivity index (χ2n) is 4.95. The predicted octanol–water partition coefficient (Wildman–Crippen LogP) is 3.17. The lowest BCUT2D eigenvalue weighted by molar-refractivity contribution is -0.116. The molecule has 0 atom stereocenters. The number of carbonyl (C=O) groups excluding carboxylic acids is 2. The molecule has 0 fully saturated rings. The molecule has 2 aromatic carbocycles. The van der Waals surface area contributed by atoms with Crippen LogP contribution in [0.15, 0.2) is 53.0 Å². The molecule has 0 aliphatic heterocycles. The summed E-state index contributed by atoms with van der Waals surface area (Å²) in [4.78, 5) is 25.7. The molecule has 0 spiro atoms. The summed E-state index contributed by atoms with van der Waals surface area (Å²) in [6, 6.07) is 14.1. The molecule has 2 amide bonds. The van der Waals surface area contributed by atoms with Crippen molar-refractivity contribution < 1.29 is 14.3 Å². The second-order valence-corrected chi connectivity index (χ2v) is 5.86. The van der Waals surface area contributed by atoms with Crippen molar-refractivity contribution >= 4 is 33.4 Å². The van der Waals surface area contributed by atoms with Crippen LogP contribution in [0.3, 0.4) is 0 Å². The van der Waals surface area contributed by atoms with E-state index in [1.54, 1.807) is 62.7 Å². The van der Waals surface area contributed by atoms with E-state index in [0.29, 0.717) is 17.0 Å². The Morgan fingerprint density at radius 3 is 2.52 bits per heavy atom. The van der Waals surface area contributed by atoms with Crippen molar-refractivity contribution in [1.29, 1.82) is 0 Å². The van der Waals surface area contributed by atoms with Gasteiger partial charge in [0.1, 0.15) is 5.75 Å². The highest BCUT2D eigenvalue weighted by Crippen LogP contribution is 2.16. The maximum atomic E-state index is 12.3. The van der Waals surface area contributed by atoms with Crippen molar-refractivity contribution in [3.63, 3.8) is 0 Å². The number of hydrogen-bond acceptors (Lipinski definition) is 3. The summed E-state index contributed by atoms with van der Waals surface area (Å²) in [5.41, 5.74) is 1.16. The highest BCUT2D eigenvalue weighted by Gasteiger charge is 2.15. The van der Waals surface area contributed by atoms with Gasteiger partial charge in [0.15, 0.2) is 0 Å². The maximum Gasteiger partial charge on any atom is 0.254 e. The Hall–Kier alpha value is -2.34. The number of carbonyl (C=O) groups is 2. The van der Waals surface area contributed by atoms with Gasteiger partial charge in [-0.05, 0) is 36.4 Å². The van der Waals surface area contributed by atoms with Crippen molar-refractivity contribution in [2.24, 2.45) is 0 Å². The molecule has 5 nitrogen and oxygen atoms in total. The topological polar surface area (TPSA) is 58.6 Å². The molecule has 0 aromatic heterocycles. The molecule has 23 heavy (non-hydrogen) atoms. The number of benzene rings is 2. The van der Waals surface area contributed by atoms with E-state index in [1.807, 2.05) is 0 Å². The van der Waals surface area contributed by atoms with E-state index in [1.165, 1.54) is 4.90 Å². The molecule has 6 heteroatoms. The van der Waals surface area contributed by atoms with E-state index >= 15 is 0 Å². The van der Waals surface area contributed by atoms with Crippen LogP contribution in [-0.2, 0) is 4.79 Å². The van der Waals surface area contributed by atoms with Gasteiger partial charge in [-0.15, -0.1) is 0 Å². The van der Waals surface area contributed by atoms with Crippen LogP contribution in [-0.4, -0.2) is 37.4 Å². The third kappa shape index (κ3) is 4.82. The molecule has 0 aliphatic rings. The molecule has 0 saturated heterocycles. The highest BCUT2D eigenvalue weighted by molar-refractivity contribution is 9.10. The molecule has 0 bridgehead atoms. The lowest BCUT2D eigenvalue weighted by Gasteiger charge is -2.17. The minimum Gasteiger partial charge on any atom is -0.497 e. The van der Waals surface area contributed by atoms with Gasteiger partial charge in [-0.1, -0.05) is 22.0 Å². The number of methoxy groups -OCH3 is 1. The molecular weight excluding hydrogens is 360 g/mol. The zero-order valence-corrected chi connectivity index (χ0v) is 14.5. The smallest absolute Gasteiger partial charge is 0.254 e. The molecule has 1 N–H and O–H groups in total. The Morgan fingerprint density at radius 1 is 1.17 bits per heavy atom. The second kappa shape index (κ2) is 7.78. The lowest BCUT2D eigenvalue weighted by Crippen LogP contribution is -2.34. The number of nitrogens with one attached hydrogen (secondary N) is 1. The monoisotopic (exact) mass is 376 g/mol. The molecular formula is C17H17BrN2O3. The number of ether oxygens (including phenoxy) is 1. The summed E-state index contributed by atoms with van der Waals surface area (Å²) >= 11 is 3.32. The first-order valence-corrected chi connectivity index (χ1v) is 7.74. The number of amides is 2. The fraction of sp³-hybridized carbons (Fsp3) is 0.176. The molecule has 120 valence electrons. The van der Waals surface area contributed by atoms with Crippen LogP contribution in [0.2, 0.25) is 0 Å². The molecule has 0 radical (unpaired) electrons. The number of halogens is 1. The lowest BCUT2D eigenvalue weighted by atomic mass is 10.2. The van der Waals surface area contributed by atoms with Crippen LogP contribution in [0, 0.1) is 0 Å². The van der Waals surface area contributed by atoms with Gasteiger partial charge in [-0.2, -0.15) is 0 Å². The fourth-order valence-corrected chi connectivity index (χ4v) is 2.27. The van der Waals surface area contributed by atoms with Gasteiger partial charge < -0.3 is 15.0 Å². The highest BCUT2D eigenvalue weighted by atomic mass is 79.9. The van der Waals surface area contributed by atoms with Crippen molar-refractivity contribution in [2.75, 3.05) is 26.0 Å². The quantitative estimate of drug-likeness (QED) is 0.871. The number of anilines is 1. The average molecular weight is 377 g/mol. The van der Waals surface area contributed by atoms with Crippen molar-refractivity contribution in [1.82, 2.24) is 4.90 Å². The van der Waals surface area contributed by atoms with E-state index in [9.17, 15) is 9.59 Å². The van der Waals surface area contributed by atoms with E-state index < -0.39 is 0 Å². The number of rotatable bonds is 5. The molecule has 0 saturated carbocycles. The SMILES string of the molecule is COc1cccc(NC(=O)CN(C)C(=O)c2ccc(Br)cc2)c1. The largest absolute Gasteiger partial charge is 0.497 e. The molecule has 0 aliphatic carbocycles. The summed E-state index contributed by atoms with van der Waals surface area (Å²) in [7, 11) is 3.15. The summed E-state index contributed by atoms with van der Waals surface area (Å²) in [5.74, 6) is 0.173. The summed E-state index contributed by atoms with van der Waals surface area (Å²) in [6.07, 6.45) is 0. The third-order valence-electron chi connectivity index (χ3n) is 3.17. The van der Waals surface area contributed by atoms with Crippen LogP contribution in [0.5, 0.6) is 5.75 Å². The molecule has 2 rings (SSSR count). The summed E-state index contributed by atoms with van der Waals surface area (Å²) in [6.45, 7) is -0.0356. The molecule has 0 heterocycles. The van der Waals surface area contributed by atoms with Gasteiger partial charge in [0.05, 0.1) is 13.7 Å². The van der Waals surface area contributed by atoms with Crippen LogP contribution in [0.25, 0.3) is 0 Å². The predicted molar refractivity (Wildman–Crippen MR) is 92.7 cm³/mol. The fourth-order valence-electron chi connectivity index (χ4n) is 2.00. The Labute approximate surface area is 143 Å². The zero-order valence-electron chi connectivity index (χ0n) is 12.9. The zero-order chi connectivity index (χ0) is 16.8. The molecule has 2 aromatic rings. The van der Waals surface area contributed by atoms with Crippen LogP contribution >= 0.6 is 15.9 Å². The summed E-state index contributed by atoms with van der Waals surface area (Å²) < 4.78 is 6.00. The van der Waals surface area contributed by atoms with Crippen LogP contribution in [0.1, 0.15) is 10.4 Å². The first kappa shape index (κ1) is 17.0. The Bertz CT molecular complexity index is 701. The minimum absolute atomic E-state index is 0.0356. The third-order valence-corrected chi connectivity index (χ3v) is 3.70. The van der Waals surface area contributed by atoms with Gasteiger partial charge in [0.2, 0.25) is 5.91 Å². The van der Waals surface area contributed by atoms with Gasteiger partial charge in [0, 0.05) is 28.8 Å². The Balaban J connectivity index is 1.96. The average Bonchev–Trinajstić information content (AvgIpc) is 2.54. The van der Waals surface area contributed by atoms with E-state index in [-0.39, 0.29) is 18.4 Å². The van der Waals surface area contributed by atoms with E-state index in [2.05, 4.69) is 21.2 Å². The van der Waals surface area contributed by atoms with E-state index in [0.717, 1.165) is 4.47 Å². The van der Waals surface area contributed by atoms with Crippen molar-refractivity contribution in [2.45, 2.75) is 0 Å². The minimum atomic E-state index is -0.272. The van der Waals surface area contributed by atoms with Gasteiger partial charge in [0.25, 0.3) is 5.91 Å². The van der Waals surface area contributed by atoms with E-state index in [4.69, 9.17) is 4.74 Å². The van der Waals surface area contributed by atoms with Crippen LogP contribution < -0.4 is 10.1 Å². The van der Waals surface area contributed by atoms with Crippen molar-refractivity contribution in [3.8, 4) is 5.75 Å². The number of likely N-dealkylation sites (N-methyl/N-ethyl adjacent to an activating group) is 1. The number of nitrogens with zero attached hydrogens (tertiary/aromatic N) is 1. The normalized spacial score (nSPS) is 10.0. The van der Waals surface area contributed by atoms with Crippen LogP contribution in [0.4, 0.5) is 5.69 Å². The Morgan fingerprint density at radius 2 is 1.87 bits per heavy atom. The maximum absolute atomic E-state index is 12.3. The van der Waals surface area contributed by atoms with Gasteiger partial charge in [-0.25, -0.2) is 0 Å². The van der Waals surface area contributed by atoms with Gasteiger partial charge in [-0.3, -0.25) is 9.59 Å². The first-order valence-electron chi connectivity index (χ1n) is 6.94. The molecule has 0 unspecified atom stereocenters. The standard InChI is InChI=1S/C17H17BrN2O3/c1-20(17(22)12-6-8-13(18)9-7-12)11-16(21)19-14-4-3-5-15(10-14)23-2/h3-10H,11H2,1-2H3,(H,19,21). The number of hydrogen-bond donors (Lipinski definition) is 1. The van der Waals surface area contributed by atoms with Gasteiger partial charge >= 0.3 is 0 Å². The summed E-state index contributed by atoms with van der Waals surface area (Å²) in [5, 5.41) is 2.74. The Kier molecular flexibility index (Phi) is 5.76.